The molecular weight excluding hydrogens is 469 g/mol. The van der Waals surface area contributed by atoms with Crippen LogP contribution in [-0.2, 0) is 24.3 Å². The van der Waals surface area contributed by atoms with Gasteiger partial charge >= 0.3 is 5.97 Å². The zero-order valence-electron chi connectivity index (χ0n) is 18.3. The van der Waals surface area contributed by atoms with Crippen molar-refractivity contribution in [3.63, 3.8) is 0 Å². The van der Waals surface area contributed by atoms with Gasteiger partial charge in [-0.05, 0) is 49.2 Å². The van der Waals surface area contributed by atoms with Gasteiger partial charge in [0.05, 0.1) is 11.2 Å². The van der Waals surface area contributed by atoms with Crippen LogP contribution in [0.1, 0.15) is 23.4 Å². The highest BCUT2D eigenvalue weighted by molar-refractivity contribution is 7.89. The lowest BCUT2D eigenvalue weighted by Gasteiger charge is -2.34. The Morgan fingerprint density at radius 3 is 2.38 bits per heavy atom. The van der Waals surface area contributed by atoms with E-state index < -0.39 is 46.3 Å². The lowest BCUT2D eigenvalue weighted by Crippen LogP contribution is -2.51. The van der Waals surface area contributed by atoms with E-state index in [1.165, 1.54) is 38.6 Å². The molecule has 4 rings (SSSR count). The van der Waals surface area contributed by atoms with E-state index in [9.17, 15) is 27.2 Å². The van der Waals surface area contributed by atoms with E-state index in [-0.39, 0.29) is 36.8 Å². The summed E-state index contributed by atoms with van der Waals surface area (Å²) in [7, 11) is -3.80. The Morgan fingerprint density at radius 1 is 1.03 bits per heavy atom. The van der Waals surface area contributed by atoms with Gasteiger partial charge in [-0.15, -0.1) is 0 Å². The van der Waals surface area contributed by atoms with Crippen LogP contribution in [0.3, 0.4) is 0 Å². The molecule has 0 unspecified atom stereocenters. The molecule has 182 valence electrons. The summed E-state index contributed by atoms with van der Waals surface area (Å²) in [6, 6.07) is 6.86. The Morgan fingerprint density at radius 2 is 1.74 bits per heavy atom. The Hall–Kier alpha value is -3.25. The van der Waals surface area contributed by atoms with Crippen LogP contribution >= 0.6 is 0 Å². The van der Waals surface area contributed by atoms with E-state index in [0.29, 0.717) is 19.4 Å². The molecule has 34 heavy (non-hydrogen) atoms. The molecule has 2 saturated heterocycles. The summed E-state index contributed by atoms with van der Waals surface area (Å²) in [5.41, 5.74) is 0. The molecular formula is C22H24FN3O7S. The molecule has 2 aliphatic rings. The van der Waals surface area contributed by atoms with Gasteiger partial charge in [-0.2, -0.15) is 4.31 Å². The van der Waals surface area contributed by atoms with Crippen molar-refractivity contribution in [1.29, 1.82) is 0 Å². The molecule has 2 aromatic rings. The summed E-state index contributed by atoms with van der Waals surface area (Å²) in [6.45, 7) is 0.272. The first-order chi connectivity index (χ1) is 16.3. The van der Waals surface area contributed by atoms with Gasteiger partial charge in [0.25, 0.3) is 11.8 Å². The average Bonchev–Trinajstić information content (AvgIpc) is 3.55. The van der Waals surface area contributed by atoms with Gasteiger partial charge in [0, 0.05) is 32.7 Å². The van der Waals surface area contributed by atoms with Crippen molar-refractivity contribution in [2.24, 2.45) is 0 Å². The molecule has 0 bridgehead atoms. The fourth-order valence-corrected chi connectivity index (χ4v) is 5.47. The van der Waals surface area contributed by atoms with Crippen LogP contribution in [0, 0.1) is 5.82 Å². The minimum Gasteiger partial charge on any atom is -0.459 e. The Labute approximate surface area is 195 Å². The SMILES string of the molecule is O=C(OCC(=O)N1CCN(S(=O)(=O)c2ccc(F)cc2)CC1)[C@@H]1CCCN1C(=O)c1ccco1. The number of amides is 2. The number of halogens is 1. The van der Waals surface area contributed by atoms with Crippen LogP contribution < -0.4 is 0 Å². The highest BCUT2D eigenvalue weighted by atomic mass is 32.2. The maximum atomic E-state index is 13.1. The van der Waals surface area contributed by atoms with Crippen molar-refractivity contribution >= 4 is 27.8 Å². The topological polar surface area (TPSA) is 117 Å². The van der Waals surface area contributed by atoms with E-state index in [2.05, 4.69) is 0 Å². The second-order valence-electron chi connectivity index (χ2n) is 7.98. The quantitative estimate of drug-likeness (QED) is 0.553. The van der Waals surface area contributed by atoms with Gasteiger partial charge in [0.2, 0.25) is 10.0 Å². The average molecular weight is 494 g/mol. The predicted molar refractivity (Wildman–Crippen MR) is 115 cm³/mol. The maximum Gasteiger partial charge on any atom is 0.329 e. The summed E-state index contributed by atoms with van der Waals surface area (Å²) in [4.78, 5) is 40.4. The number of nitrogens with zero attached hydrogens (tertiary/aromatic N) is 3. The molecule has 1 atom stereocenters. The summed E-state index contributed by atoms with van der Waals surface area (Å²) >= 11 is 0. The van der Waals surface area contributed by atoms with E-state index in [1.807, 2.05) is 0 Å². The van der Waals surface area contributed by atoms with Crippen molar-refractivity contribution in [2.45, 2.75) is 23.8 Å². The van der Waals surface area contributed by atoms with Crippen LogP contribution in [-0.4, -0.2) is 85.7 Å². The van der Waals surface area contributed by atoms with Crippen molar-refractivity contribution in [3.8, 4) is 0 Å². The second-order valence-corrected chi connectivity index (χ2v) is 9.92. The first-order valence-corrected chi connectivity index (χ1v) is 12.3. The zero-order chi connectivity index (χ0) is 24.3. The first kappa shape index (κ1) is 23.9. The van der Waals surface area contributed by atoms with Crippen LogP contribution in [0.2, 0.25) is 0 Å². The molecule has 2 amide bonds. The molecule has 0 spiro atoms. The van der Waals surface area contributed by atoms with Crippen molar-refractivity contribution in [1.82, 2.24) is 14.1 Å². The third kappa shape index (κ3) is 4.97. The summed E-state index contributed by atoms with van der Waals surface area (Å²) in [5.74, 6) is -1.93. The fraction of sp³-hybridized carbons (Fsp3) is 0.409. The molecule has 3 heterocycles. The monoisotopic (exact) mass is 493 g/mol. The van der Waals surface area contributed by atoms with Crippen LogP contribution in [0.25, 0.3) is 0 Å². The second kappa shape index (κ2) is 9.94. The van der Waals surface area contributed by atoms with Crippen LogP contribution in [0.4, 0.5) is 4.39 Å². The van der Waals surface area contributed by atoms with Crippen molar-refractivity contribution < 1.29 is 36.3 Å². The molecule has 2 fully saturated rings. The standard InChI is InChI=1S/C22H24FN3O7S/c23-16-5-7-17(8-6-16)34(30,31)25-12-10-24(11-13-25)20(27)15-33-22(29)18-3-1-9-26(18)21(28)19-4-2-14-32-19/h2,4-8,14,18H,1,3,9-13,15H2/t18-/m0/s1. The van der Waals surface area contributed by atoms with E-state index in [0.717, 1.165) is 12.1 Å². The number of ether oxygens (including phenoxy) is 1. The van der Waals surface area contributed by atoms with Crippen LogP contribution in [0.15, 0.2) is 52.0 Å². The Balaban J connectivity index is 1.27. The lowest BCUT2D eigenvalue weighted by atomic mass is 10.2. The molecule has 2 aliphatic heterocycles. The summed E-state index contributed by atoms with van der Waals surface area (Å²) in [5, 5.41) is 0. The minimum absolute atomic E-state index is 0.0205. The third-order valence-corrected chi connectivity index (χ3v) is 7.81. The van der Waals surface area contributed by atoms with Gasteiger partial charge in [-0.3, -0.25) is 9.59 Å². The molecule has 0 aliphatic carbocycles. The summed E-state index contributed by atoms with van der Waals surface area (Å²) in [6.07, 6.45) is 2.43. The number of rotatable bonds is 6. The van der Waals surface area contributed by atoms with Gasteiger partial charge in [-0.1, -0.05) is 0 Å². The number of furan rings is 1. The molecule has 10 nitrogen and oxygen atoms in total. The zero-order valence-corrected chi connectivity index (χ0v) is 19.1. The Kier molecular flexibility index (Phi) is 6.98. The number of esters is 1. The number of carbonyl (C=O) groups excluding carboxylic acids is 3. The molecule has 0 saturated carbocycles. The molecule has 1 aromatic heterocycles. The van der Waals surface area contributed by atoms with E-state index >= 15 is 0 Å². The first-order valence-electron chi connectivity index (χ1n) is 10.8. The molecule has 1 aromatic carbocycles. The minimum atomic E-state index is -3.80. The number of likely N-dealkylation sites (tertiary alicyclic amines) is 1. The van der Waals surface area contributed by atoms with Crippen LogP contribution in [0.5, 0.6) is 0 Å². The van der Waals surface area contributed by atoms with E-state index in [4.69, 9.17) is 9.15 Å². The van der Waals surface area contributed by atoms with Gasteiger partial charge in [-0.25, -0.2) is 17.6 Å². The largest absolute Gasteiger partial charge is 0.459 e. The van der Waals surface area contributed by atoms with E-state index in [1.54, 1.807) is 6.07 Å². The highest BCUT2D eigenvalue weighted by Gasteiger charge is 2.37. The lowest BCUT2D eigenvalue weighted by molar-refractivity contribution is -0.155. The predicted octanol–water partition coefficient (Wildman–Crippen LogP) is 1.10. The van der Waals surface area contributed by atoms with Crippen molar-refractivity contribution in [2.75, 3.05) is 39.3 Å². The maximum absolute atomic E-state index is 13.1. The molecule has 12 heteroatoms. The molecule has 0 radical (unpaired) electrons. The smallest absolute Gasteiger partial charge is 0.329 e. The Bertz CT molecular complexity index is 1140. The number of hydrogen-bond acceptors (Lipinski definition) is 7. The fourth-order valence-electron chi connectivity index (χ4n) is 4.05. The van der Waals surface area contributed by atoms with Gasteiger partial charge in [0.1, 0.15) is 11.9 Å². The summed E-state index contributed by atoms with van der Waals surface area (Å²) < 4.78 is 50.0. The normalized spacial score (nSPS) is 19.3. The number of hydrogen-bond donors (Lipinski definition) is 0. The number of carbonyl (C=O) groups is 3. The number of piperazine rings is 1. The van der Waals surface area contributed by atoms with Gasteiger partial charge < -0.3 is 19.0 Å². The van der Waals surface area contributed by atoms with Gasteiger partial charge in [0.15, 0.2) is 12.4 Å². The number of sulfonamides is 1. The molecule has 0 N–H and O–H groups in total. The number of benzene rings is 1. The highest BCUT2D eigenvalue weighted by Crippen LogP contribution is 2.22. The van der Waals surface area contributed by atoms with Crippen molar-refractivity contribution in [3.05, 3.63) is 54.2 Å². The third-order valence-electron chi connectivity index (χ3n) is 5.90.